The summed E-state index contributed by atoms with van der Waals surface area (Å²) >= 11 is 0. The summed E-state index contributed by atoms with van der Waals surface area (Å²) in [6.07, 6.45) is 0. The number of benzene rings is 1. The summed E-state index contributed by atoms with van der Waals surface area (Å²) in [5.74, 6) is 5.93. The van der Waals surface area contributed by atoms with Gasteiger partial charge in [0.1, 0.15) is 11.6 Å². The lowest BCUT2D eigenvalue weighted by Crippen LogP contribution is -2.19. The zero-order chi connectivity index (χ0) is 12.0. The minimum atomic E-state index is -0.260. The zero-order valence-electron chi connectivity index (χ0n) is 9.80. The minimum absolute atomic E-state index is 0.0632. The summed E-state index contributed by atoms with van der Waals surface area (Å²) in [6.45, 7) is 4.24. The lowest BCUT2D eigenvalue weighted by atomic mass is 10.1. The number of ether oxygens (including phenoxy) is 1. The van der Waals surface area contributed by atoms with Crippen molar-refractivity contribution in [2.75, 3.05) is 13.7 Å². The highest BCUT2D eigenvalue weighted by molar-refractivity contribution is 5.30. The molecule has 1 atom stereocenters. The average Bonchev–Trinajstić information content (AvgIpc) is 2.29. The molecule has 1 N–H and O–H groups in total. The van der Waals surface area contributed by atoms with Crippen LogP contribution in [-0.2, 0) is 0 Å². The van der Waals surface area contributed by atoms with Crippen molar-refractivity contribution in [2.24, 2.45) is 0 Å². The van der Waals surface area contributed by atoms with Crippen molar-refractivity contribution in [3.05, 3.63) is 29.6 Å². The molecule has 1 rings (SSSR count). The van der Waals surface area contributed by atoms with E-state index in [9.17, 15) is 4.39 Å². The fraction of sp³-hybridized carbons (Fsp3) is 0.385. The molecular formula is C13H16FNO. The van der Waals surface area contributed by atoms with Gasteiger partial charge in [0.05, 0.1) is 13.7 Å². The van der Waals surface area contributed by atoms with Crippen molar-refractivity contribution >= 4 is 0 Å². The van der Waals surface area contributed by atoms with Crippen molar-refractivity contribution in [2.45, 2.75) is 19.9 Å². The first kappa shape index (κ1) is 12.5. The van der Waals surface area contributed by atoms with Crippen LogP contribution in [0.25, 0.3) is 0 Å². The second-order valence-electron chi connectivity index (χ2n) is 3.42. The maximum Gasteiger partial charge on any atom is 0.131 e. The summed E-state index contributed by atoms with van der Waals surface area (Å²) in [7, 11) is 1.52. The summed E-state index contributed by atoms with van der Waals surface area (Å²) in [5.41, 5.74) is 0.624. The molecule has 1 aromatic carbocycles. The Kier molecular flexibility index (Phi) is 4.81. The molecule has 0 aromatic heterocycles. The second kappa shape index (κ2) is 6.14. The van der Waals surface area contributed by atoms with Gasteiger partial charge in [0, 0.05) is 17.7 Å². The largest absolute Gasteiger partial charge is 0.497 e. The molecule has 2 nitrogen and oxygen atoms in total. The third-order valence-electron chi connectivity index (χ3n) is 2.35. The smallest absolute Gasteiger partial charge is 0.131 e. The van der Waals surface area contributed by atoms with Crippen LogP contribution in [-0.4, -0.2) is 13.7 Å². The van der Waals surface area contributed by atoms with Crippen molar-refractivity contribution < 1.29 is 9.13 Å². The first-order chi connectivity index (χ1) is 7.69. The molecular weight excluding hydrogens is 205 g/mol. The Bertz CT molecular complexity index is 406. The normalized spacial score (nSPS) is 11.5. The molecule has 86 valence electrons. The van der Waals surface area contributed by atoms with E-state index in [1.807, 2.05) is 6.92 Å². The van der Waals surface area contributed by atoms with E-state index in [1.54, 1.807) is 19.1 Å². The first-order valence-electron chi connectivity index (χ1n) is 5.15. The molecule has 0 saturated heterocycles. The Morgan fingerprint density at radius 2 is 2.25 bits per heavy atom. The Morgan fingerprint density at radius 3 is 2.81 bits per heavy atom. The van der Waals surface area contributed by atoms with Gasteiger partial charge in [-0.25, -0.2) is 4.39 Å². The van der Waals surface area contributed by atoms with Gasteiger partial charge in [-0.15, -0.1) is 5.92 Å². The van der Waals surface area contributed by atoms with E-state index in [1.165, 1.54) is 13.2 Å². The molecule has 0 heterocycles. The number of hydrogen-bond donors (Lipinski definition) is 1. The molecule has 0 bridgehead atoms. The van der Waals surface area contributed by atoms with Gasteiger partial charge in [-0.1, -0.05) is 12.0 Å². The number of methoxy groups -OCH3 is 1. The molecule has 0 radical (unpaired) electrons. The van der Waals surface area contributed by atoms with Gasteiger partial charge in [0.25, 0.3) is 0 Å². The van der Waals surface area contributed by atoms with Gasteiger partial charge < -0.3 is 4.74 Å². The van der Waals surface area contributed by atoms with Gasteiger partial charge in [0.15, 0.2) is 0 Å². The molecule has 0 fully saturated rings. The fourth-order valence-electron chi connectivity index (χ4n) is 1.39. The predicted octanol–water partition coefficient (Wildman–Crippen LogP) is 2.51. The van der Waals surface area contributed by atoms with Crippen LogP contribution >= 0.6 is 0 Å². The highest BCUT2D eigenvalue weighted by Gasteiger charge is 2.10. The van der Waals surface area contributed by atoms with Gasteiger partial charge in [-0.3, -0.25) is 5.32 Å². The Morgan fingerprint density at radius 1 is 1.50 bits per heavy atom. The van der Waals surface area contributed by atoms with Crippen LogP contribution in [0.4, 0.5) is 4.39 Å². The summed E-state index contributed by atoms with van der Waals surface area (Å²) in [6, 6.07) is 4.80. The molecule has 0 amide bonds. The van der Waals surface area contributed by atoms with E-state index in [2.05, 4.69) is 17.2 Å². The number of rotatable bonds is 4. The highest BCUT2D eigenvalue weighted by Crippen LogP contribution is 2.21. The predicted molar refractivity (Wildman–Crippen MR) is 62.8 cm³/mol. The van der Waals surface area contributed by atoms with Gasteiger partial charge >= 0.3 is 0 Å². The zero-order valence-corrected chi connectivity index (χ0v) is 9.80. The van der Waals surface area contributed by atoms with Crippen LogP contribution in [0.5, 0.6) is 5.75 Å². The number of hydrogen-bond acceptors (Lipinski definition) is 2. The quantitative estimate of drug-likeness (QED) is 0.789. The Labute approximate surface area is 95.8 Å². The van der Waals surface area contributed by atoms with E-state index in [0.29, 0.717) is 17.9 Å². The molecule has 1 aromatic rings. The lowest BCUT2D eigenvalue weighted by Gasteiger charge is -2.13. The van der Waals surface area contributed by atoms with E-state index in [4.69, 9.17) is 4.74 Å². The highest BCUT2D eigenvalue weighted by atomic mass is 19.1. The van der Waals surface area contributed by atoms with E-state index in [-0.39, 0.29) is 11.9 Å². The molecule has 3 heteroatoms. The first-order valence-corrected chi connectivity index (χ1v) is 5.15. The number of nitrogens with one attached hydrogen (secondary N) is 1. The average molecular weight is 221 g/mol. The van der Waals surface area contributed by atoms with E-state index >= 15 is 0 Å². The molecule has 0 aliphatic carbocycles. The Balaban J connectivity index is 2.74. The van der Waals surface area contributed by atoms with Crippen molar-refractivity contribution in [1.82, 2.24) is 5.32 Å². The lowest BCUT2D eigenvalue weighted by molar-refractivity contribution is 0.410. The standard InChI is InChI=1S/C13H16FNO/c1-4-5-8-15-10(2)12-7-6-11(16-3)9-13(12)14/h6-7,9-10,15H,8H2,1-3H3. The second-order valence-corrected chi connectivity index (χ2v) is 3.42. The molecule has 0 spiro atoms. The van der Waals surface area contributed by atoms with Crippen LogP contribution < -0.4 is 10.1 Å². The van der Waals surface area contributed by atoms with E-state index in [0.717, 1.165) is 0 Å². The minimum Gasteiger partial charge on any atom is -0.497 e. The maximum atomic E-state index is 13.6. The van der Waals surface area contributed by atoms with Crippen molar-refractivity contribution in [3.63, 3.8) is 0 Å². The van der Waals surface area contributed by atoms with Crippen LogP contribution in [0.2, 0.25) is 0 Å². The van der Waals surface area contributed by atoms with Crippen LogP contribution in [0.3, 0.4) is 0 Å². The maximum absolute atomic E-state index is 13.6. The molecule has 0 aliphatic heterocycles. The molecule has 0 saturated carbocycles. The van der Waals surface area contributed by atoms with Gasteiger partial charge in [-0.2, -0.15) is 0 Å². The topological polar surface area (TPSA) is 21.3 Å². The summed E-state index contributed by atoms with van der Waals surface area (Å²) in [5, 5.41) is 3.12. The van der Waals surface area contributed by atoms with Gasteiger partial charge in [0.2, 0.25) is 0 Å². The van der Waals surface area contributed by atoms with Crippen LogP contribution in [0.15, 0.2) is 18.2 Å². The van der Waals surface area contributed by atoms with E-state index < -0.39 is 0 Å². The number of halogens is 1. The summed E-state index contributed by atoms with van der Waals surface area (Å²) in [4.78, 5) is 0. The molecule has 0 aliphatic rings. The van der Waals surface area contributed by atoms with Crippen molar-refractivity contribution in [3.8, 4) is 17.6 Å². The third-order valence-corrected chi connectivity index (χ3v) is 2.35. The Hall–Kier alpha value is -1.53. The van der Waals surface area contributed by atoms with Crippen molar-refractivity contribution in [1.29, 1.82) is 0 Å². The van der Waals surface area contributed by atoms with Crippen LogP contribution in [0.1, 0.15) is 25.5 Å². The SMILES string of the molecule is CC#CCNC(C)c1ccc(OC)cc1F. The fourth-order valence-corrected chi connectivity index (χ4v) is 1.39. The summed E-state index contributed by atoms with van der Waals surface area (Å²) < 4.78 is 18.6. The van der Waals surface area contributed by atoms with Gasteiger partial charge in [-0.05, 0) is 19.9 Å². The third kappa shape index (κ3) is 3.25. The molecule has 1 unspecified atom stereocenters. The van der Waals surface area contributed by atoms with Crippen LogP contribution in [0, 0.1) is 17.7 Å². The monoisotopic (exact) mass is 221 g/mol. The molecule has 16 heavy (non-hydrogen) atoms.